The van der Waals surface area contributed by atoms with Gasteiger partial charge >= 0.3 is 0 Å². The Bertz CT molecular complexity index is 1100. The molecule has 0 aromatic heterocycles. The second kappa shape index (κ2) is 8.62. The number of benzene rings is 3. The monoisotopic (exact) mass is 367 g/mol. The summed E-state index contributed by atoms with van der Waals surface area (Å²) in [6, 6.07) is 26.5. The van der Waals surface area contributed by atoms with Crippen molar-refractivity contribution in [3.8, 4) is 12.1 Å². The zero-order valence-electron chi connectivity index (χ0n) is 15.1. The summed E-state index contributed by atoms with van der Waals surface area (Å²) < 4.78 is 0. The highest BCUT2D eigenvalue weighted by Crippen LogP contribution is 2.35. The molecule has 0 aliphatic rings. The summed E-state index contributed by atoms with van der Waals surface area (Å²) in [4.78, 5) is 10.9. The summed E-state index contributed by atoms with van der Waals surface area (Å²) in [5.41, 5.74) is 2.10. The fraction of sp³-hybridized carbons (Fsp3) is 0.130. The van der Waals surface area contributed by atoms with E-state index in [1.165, 1.54) is 0 Å². The molecule has 5 nitrogen and oxygen atoms in total. The fourth-order valence-corrected chi connectivity index (χ4v) is 3.43. The first-order valence-corrected chi connectivity index (χ1v) is 8.82. The van der Waals surface area contributed by atoms with Crippen LogP contribution < -0.4 is 0 Å². The van der Waals surface area contributed by atoms with E-state index in [0.29, 0.717) is 5.57 Å². The van der Waals surface area contributed by atoms with Crippen LogP contribution in [0.15, 0.2) is 78.4 Å². The minimum atomic E-state index is -0.443. The van der Waals surface area contributed by atoms with Gasteiger partial charge < -0.3 is 0 Å². The van der Waals surface area contributed by atoms with Gasteiger partial charge in [0, 0.05) is 4.92 Å². The van der Waals surface area contributed by atoms with Gasteiger partial charge in [-0.1, -0.05) is 72.8 Å². The molecule has 0 aliphatic heterocycles. The molecule has 0 radical (unpaired) electrons. The third kappa shape index (κ3) is 4.06. The highest BCUT2D eigenvalue weighted by molar-refractivity contribution is 5.95. The lowest BCUT2D eigenvalue weighted by molar-refractivity contribution is -0.483. The van der Waals surface area contributed by atoms with Crippen LogP contribution in [0, 0.1) is 32.8 Å². The van der Waals surface area contributed by atoms with Crippen molar-refractivity contribution in [3.63, 3.8) is 0 Å². The second-order valence-electron chi connectivity index (χ2n) is 6.43. The maximum absolute atomic E-state index is 11.3. The minimum absolute atomic E-state index is 0.0133. The molecule has 0 amide bonds. The molecule has 5 heteroatoms. The van der Waals surface area contributed by atoms with Crippen molar-refractivity contribution in [3.05, 3.63) is 99.6 Å². The molecule has 0 fully saturated rings. The highest BCUT2D eigenvalue weighted by atomic mass is 16.6. The van der Waals surface area contributed by atoms with E-state index in [9.17, 15) is 20.6 Å². The first kappa shape index (κ1) is 18.8. The van der Waals surface area contributed by atoms with E-state index in [1.54, 1.807) is 0 Å². The van der Waals surface area contributed by atoms with Crippen molar-refractivity contribution in [1.82, 2.24) is 0 Å². The molecular formula is C23H17N3O2. The summed E-state index contributed by atoms with van der Waals surface area (Å²) in [6.07, 6.45) is 0.232. The number of allylic oxidation sites excluding steroid dienone is 2. The lowest BCUT2D eigenvalue weighted by Crippen LogP contribution is -2.14. The Morgan fingerprint density at radius 1 is 0.929 bits per heavy atom. The SMILES string of the molecule is N#CC(C#N)=C(CC(C[N+](=O)[O-])c1ccccc1)c1cccc2ccccc12. The highest BCUT2D eigenvalue weighted by Gasteiger charge is 2.23. The maximum atomic E-state index is 11.3. The molecule has 0 aliphatic carbocycles. The summed E-state index contributed by atoms with van der Waals surface area (Å²) in [6.45, 7) is -0.275. The van der Waals surface area contributed by atoms with Gasteiger partial charge in [-0.3, -0.25) is 10.1 Å². The third-order valence-electron chi connectivity index (χ3n) is 4.73. The standard InChI is InChI=1S/C23H17N3O2/c24-14-20(15-25)23(22-12-6-10-18-9-4-5-11-21(18)22)13-19(16-26(27)28)17-7-2-1-3-8-17/h1-12,19H,13,16H2. The van der Waals surface area contributed by atoms with E-state index in [1.807, 2.05) is 84.9 Å². The molecule has 3 rings (SSSR count). The molecule has 3 aromatic rings. The molecule has 1 unspecified atom stereocenters. The average Bonchev–Trinajstić information content (AvgIpc) is 2.73. The molecule has 0 N–H and O–H groups in total. The van der Waals surface area contributed by atoms with Gasteiger partial charge in [-0.2, -0.15) is 10.5 Å². The lowest BCUT2D eigenvalue weighted by Gasteiger charge is -2.17. The molecule has 0 saturated heterocycles. The van der Waals surface area contributed by atoms with Crippen molar-refractivity contribution in [2.24, 2.45) is 0 Å². The summed E-state index contributed by atoms with van der Waals surface area (Å²) in [5.74, 6) is -0.443. The fourth-order valence-electron chi connectivity index (χ4n) is 3.43. The maximum Gasteiger partial charge on any atom is 0.211 e. The van der Waals surface area contributed by atoms with Gasteiger partial charge in [-0.25, -0.2) is 0 Å². The number of nitro groups is 1. The summed E-state index contributed by atoms with van der Waals surface area (Å²) in [5, 5.41) is 32.2. The molecule has 0 spiro atoms. The lowest BCUT2D eigenvalue weighted by atomic mass is 9.85. The Morgan fingerprint density at radius 2 is 1.57 bits per heavy atom. The number of nitriles is 2. The van der Waals surface area contributed by atoms with E-state index in [2.05, 4.69) is 0 Å². The third-order valence-corrected chi connectivity index (χ3v) is 4.73. The van der Waals surface area contributed by atoms with Crippen LogP contribution in [-0.2, 0) is 0 Å². The Hall–Kier alpha value is -3.96. The van der Waals surface area contributed by atoms with Crippen molar-refractivity contribution in [2.45, 2.75) is 12.3 Å². The van der Waals surface area contributed by atoms with Gasteiger partial charge in [-0.05, 0) is 33.9 Å². The topological polar surface area (TPSA) is 90.7 Å². The van der Waals surface area contributed by atoms with Gasteiger partial charge in [0.2, 0.25) is 6.54 Å². The van der Waals surface area contributed by atoms with Crippen LogP contribution in [0.1, 0.15) is 23.5 Å². The van der Waals surface area contributed by atoms with E-state index in [4.69, 9.17) is 0 Å². The summed E-state index contributed by atoms with van der Waals surface area (Å²) >= 11 is 0. The Labute approximate surface area is 162 Å². The number of rotatable bonds is 6. The normalized spacial score (nSPS) is 11.2. The number of hydrogen-bond donors (Lipinski definition) is 0. The molecule has 3 aromatic carbocycles. The van der Waals surface area contributed by atoms with Crippen LogP contribution in [0.4, 0.5) is 0 Å². The number of fused-ring (bicyclic) bond motifs is 1. The van der Waals surface area contributed by atoms with Crippen LogP contribution in [0.2, 0.25) is 0 Å². The van der Waals surface area contributed by atoms with Crippen molar-refractivity contribution in [2.75, 3.05) is 6.54 Å². The quantitative estimate of drug-likeness (QED) is 0.345. The first-order valence-electron chi connectivity index (χ1n) is 8.82. The predicted octanol–water partition coefficient (Wildman–Crippen LogP) is 5.09. The van der Waals surface area contributed by atoms with Crippen LogP contribution in [-0.4, -0.2) is 11.5 Å². The summed E-state index contributed by atoms with van der Waals surface area (Å²) in [7, 11) is 0. The zero-order chi connectivity index (χ0) is 19.9. The molecule has 28 heavy (non-hydrogen) atoms. The van der Waals surface area contributed by atoms with Gasteiger partial charge in [0.1, 0.15) is 17.7 Å². The average molecular weight is 367 g/mol. The van der Waals surface area contributed by atoms with E-state index in [-0.39, 0.29) is 23.5 Å². The van der Waals surface area contributed by atoms with Gasteiger partial charge in [0.25, 0.3) is 0 Å². The molecule has 0 heterocycles. The number of hydrogen-bond acceptors (Lipinski definition) is 4. The van der Waals surface area contributed by atoms with Crippen LogP contribution in [0.3, 0.4) is 0 Å². The molecule has 136 valence electrons. The zero-order valence-corrected chi connectivity index (χ0v) is 15.1. The Morgan fingerprint density at radius 3 is 2.25 bits per heavy atom. The number of nitrogens with zero attached hydrogens (tertiary/aromatic N) is 3. The van der Waals surface area contributed by atoms with E-state index < -0.39 is 5.92 Å². The molecule has 1 atom stereocenters. The van der Waals surface area contributed by atoms with Crippen molar-refractivity contribution >= 4 is 16.3 Å². The largest absolute Gasteiger partial charge is 0.265 e. The van der Waals surface area contributed by atoms with Gasteiger partial charge in [0.05, 0.1) is 5.92 Å². The van der Waals surface area contributed by atoms with E-state index >= 15 is 0 Å². The van der Waals surface area contributed by atoms with Gasteiger partial charge in [-0.15, -0.1) is 0 Å². The van der Waals surface area contributed by atoms with Crippen LogP contribution in [0.5, 0.6) is 0 Å². The Kier molecular flexibility index (Phi) is 5.79. The minimum Gasteiger partial charge on any atom is -0.265 e. The van der Waals surface area contributed by atoms with Crippen LogP contribution in [0.25, 0.3) is 16.3 Å². The molecule has 0 bridgehead atoms. The predicted molar refractivity (Wildman–Crippen MR) is 108 cm³/mol. The molecule has 0 saturated carbocycles. The van der Waals surface area contributed by atoms with Crippen LogP contribution >= 0.6 is 0 Å². The smallest absolute Gasteiger partial charge is 0.211 e. The first-order chi connectivity index (χ1) is 13.6. The Balaban J connectivity index is 2.16. The second-order valence-corrected chi connectivity index (χ2v) is 6.43. The van der Waals surface area contributed by atoms with E-state index in [0.717, 1.165) is 21.9 Å². The van der Waals surface area contributed by atoms with Gasteiger partial charge in [0.15, 0.2) is 0 Å². The van der Waals surface area contributed by atoms with Crippen molar-refractivity contribution in [1.29, 1.82) is 10.5 Å². The van der Waals surface area contributed by atoms with Crippen molar-refractivity contribution < 1.29 is 4.92 Å². The molecular weight excluding hydrogens is 350 g/mol.